The van der Waals surface area contributed by atoms with E-state index in [0.717, 1.165) is 5.56 Å². The van der Waals surface area contributed by atoms with Gasteiger partial charge in [0.05, 0.1) is 0 Å². The maximum Gasteiger partial charge on any atom is 0.364 e. The maximum absolute atomic E-state index is 11.5. The van der Waals surface area contributed by atoms with Gasteiger partial charge in [0.2, 0.25) is 5.71 Å². The van der Waals surface area contributed by atoms with Crippen LogP contribution < -0.4 is 0 Å². The number of carbonyl (C=O) groups is 2. The summed E-state index contributed by atoms with van der Waals surface area (Å²) in [6, 6.07) is 9.15. The molecule has 5 nitrogen and oxygen atoms in total. The second kappa shape index (κ2) is 6.42. The molecule has 90 valence electrons. The standard InChI is InChI=1S/C12H13NO4/c1-9(14)11(13-16-2)12(15)17-8-10-6-4-3-5-7-10/h3-7H,8H2,1-2H3/b13-11+. The Hall–Kier alpha value is -2.17. The average Bonchev–Trinajstić information content (AvgIpc) is 2.34. The molecule has 1 aromatic carbocycles. The fraction of sp³-hybridized carbons (Fsp3) is 0.250. The molecule has 1 aromatic rings. The Morgan fingerprint density at radius 3 is 2.41 bits per heavy atom. The fourth-order valence-electron chi connectivity index (χ4n) is 1.13. The predicted octanol–water partition coefficient (Wildman–Crippen LogP) is 1.32. The Morgan fingerprint density at radius 1 is 1.24 bits per heavy atom. The predicted molar refractivity (Wildman–Crippen MR) is 61.4 cm³/mol. The number of carbonyl (C=O) groups excluding carboxylic acids is 2. The van der Waals surface area contributed by atoms with Gasteiger partial charge in [-0.3, -0.25) is 4.79 Å². The molecule has 0 amide bonds. The van der Waals surface area contributed by atoms with E-state index < -0.39 is 11.8 Å². The Labute approximate surface area is 99.0 Å². The molecule has 0 radical (unpaired) electrons. The molecule has 0 spiro atoms. The molecule has 0 fully saturated rings. The van der Waals surface area contributed by atoms with Crippen molar-refractivity contribution in [3.63, 3.8) is 0 Å². The Kier molecular flexibility index (Phi) is 4.87. The van der Waals surface area contributed by atoms with Crippen LogP contribution in [-0.2, 0) is 25.8 Å². The summed E-state index contributed by atoms with van der Waals surface area (Å²) >= 11 is 0. The maximum atomic E-state index is 11.5. The minimum absolute atomic E-state index is 0.0929. The summed E-state index contributed by atoms with van der Waals surface area (Å²) in [6.45, 7) is 1.32. The van der Waals surface area contributed by atoms with Crippen LogP contribution in [0.15, 0.2) is 35.5 Å². The van der Waals surface area contributed by atoms with Crippen molar-refractivity contribution < 1.29 is 19.2 Å². The van der Waals surface area contributed by atoms with Gasteiger partial charge in [-0.2, -0.15) is 0 Å². The molecule has 17 heavy (non-hydrogen) atoms. The van der Waals surface area contributed by atoms with E-state index in [9.17, 15) is 9.59 Å². The van der Waals surface area contributed by atoms with Crippen molar-refractivity contribution in [1.29, 1.82) is 0 Å². The first kappa shape index (κ1) is 12.9. The van der Waals surface area contributed by atoms with Crippen molar-refractivity contribution in [2.45, 2.75) is 13.5 Å². The third-order valence-electron chi connectivity index (χ3n) is 1.92. The van der Waals surface area contributed by atoms with Crippen LogP contribution in [0.5, 0.6) is 0 Å². The topological polar surface area (TPSA) is 65.0 Å². The lowest BCUT2D eigenvalue weighted by atomic mass is 10.2. The summed E-state index contributed by atoms with van der Waals surface area (Å²) < 4.78 is 4.93. The lowest BCUT2D eigenvalue weighted by Crippen LogP contribution is -2.24. The van der Waals surface area contributed by atoms with Crippen molar-refractivity contribution >= 4 is 17.5 Å². The molecule has 0 unspecified atom stereocenters. The lowest BCUT2D eigenvalue weighted by molar-refractivity contribution is -0.137. The molecular weight excluding hydrogens is 222 g/mol. The molecule has 0 aliphatic heterocycles. The zero-order valence-corrected chi connectivity index (χ0v) is 9.67. The number of esters is 1. The van der Waals surface area contributed by atoms with Gasteiger partial charge in [-0.1, -0.05) is 35.5 Å². The van der Waals surface area contributed by atoms with Crippen LogP contribution in [0.3, 0.4) is 0 Å². The zero-order valence-electron chi connectivity index (χ0n) is 9.67. The van der Waals surface area contributed by atoms with Crippen LogP contribution in [0.4, 0.5) is 0 Å². The van der Waals surface area contributed by atoms with E-state index in [4.69, 9.17) is 4.74 Å². The first-order valence-corrected chi connectivity index (χ1v) is 4.98. The minimum Gasteiger partial charge on any atom is -0.456 e. The molecule has 0 bridgehead atoms. The minimum atomic E-state index is -0.789. The van der Waals surface area contributed by atoms with E-state index in [1.54, 1.807) is 0 Å². The average molecular weight is 235 g/mol. The van der Waals surface area contributed by atoms with E-state index in [2.05, 4.69) is 9.99 Å². The van der Waals surface area contributed by atoms with E-state index in [-0.39, 0.29) is 12.3 Å². The van der Waals surface area contributed by atoms with Gasteiger partial charge in [-0.15, -0.1) is 0 Å². The normalized spacial score (nSPS) is 10.8. The van der Waals surface area contributed by atoms with E-state index in [0.29, 0.717) is 0 Å². The van der Waals surface area contributed by atoms with Crippen LogP contribution in [0, 0.1) is 0 Å². The fourth-order valence-corrected chi connectivity index (χ4v) is 1.13. The summed E-state index contributed by atoms with van der Waals surface area (Å²) in [4.78, 5) is 27.0. The highest BCUT2D eigenvalue weighted by Gasteiger charge is 2.19. The molecule has 0 N–H and O–H groups in total. The first-order valence-electron chi connectivity index (χ1n) is 4.98. The summed E-state index contributed by atoms with van der Waals surface area (Å²) in [5.41, 5.74) is 0.490. The highest BCUT2D eigenvalue weighted by atomic mass is 16.6. The number of hydrogen-bond acceptors (Lipinski definition) is 5. The number of nitrogens with zero attached hydrogens (tertiary/aromatic N) is 1. The smallest absolute Gasteiger partial charge is 0.364 e. The summed E-state index contributed by atoms with van der Waals surface area (Å²) in [7, 11) is 1.26. The van der Waals surface area contributed by atoms with Crippen LogP contribution >= 0.6 is 0 Å². The van der Waals surface area contributed by atoms with E-state index >= 15 is 0 Å². The van der Waals surface area contributed by atoms with Crippen molar-refractivity contribution in [2.75, 3.05) is 7.11 Å². The third kappa shape index (κ3) is 4.06. The number of ether oxygens (including phenoxy) is 1. The quantitative estimate of drug-likeness (QED) is 0.334. The Balaban J connectivity index is 2.60. The molecule has 0 atom stereocenters. The molecular formula is C12H13NO4. The lowest BCUT2D eigenvalue weighted by Gasteiger charge is -2.04. The molecule has 0 aliphatic carbocycles. The molecule has 0 saturated carbocycles. The SMILES string of the molecule is CO/N=C(\C(C)=O)C(=O)OCc1ccccc1. The van der Waals surface area contributed by atoms with Crippen molar-refractivity contribution in [3.05, 3.63) is 35.9 Å². The summed E-state index contributed by atoms with van der Waals surface area (Å²) in [6.07, 6.45) is 0. The molecule has 5 heteroatoms. The molecule has 0 heterocycles. The number of benzene rings is 1. The first-order chi connectivity index (χ1) is 8.15. The Bertz CT molecular complexity index is 425. The molecule has 1 rings (SSSR count). The van der Waals surface area contributed by atoms with Crippen molar-refractivity contribution in [3.8, 4) is 0 Å². The zero-order chi connectivity index (χ0) is 12.7. The third-order valence-corrected chi connectivity index (χ3v) is 1.92. The van der Waals surface area contributed by atoms with Gasteiger partial charge in [0, 0.05) is 6.92 Å². The van der Waals surface area contributed by atoms with Gasteiger partial charge in [0.25, 0.3) is 0 Å². The van der Waals surface area contributed by atoms with Crippen LogP contribution in [0.2, 0.25) is 0 Å². The second-order valence-electron chi connectivity index (χ2n) is 3.24. The van der Waals surface area contributed by atoms with Gasteiger partial charge >= 0.3 is 5.97 Å². The van der Waals surface area contributed by atoms with Gasteiger partial charge in [-0.25, -0.2) is 4.79 Å². The van der Waals surface area contributed by atoms with Crippen LogP contribution in [-0.4, -0.2) is 24.6 Å². The molecule has 0 aliphatic rings. The Morgan fingerprint density at radius 2 is 1.88 bits per heavy atom. The molecule has 0 saturated heterocycles. The molecule has 0 aromatic heterocycles. The number of rotatable bonds is 5. The van der Waals surface area contributed by atoms with Crippen LogP contribution in [0.1, 0.15) is 12.5 Å². The van der Waals surface area contributed by atoms with E-state index in [1.807, 2.05) is 30.3 Å². The van der Waals surface area contributed by atoms with Gasteiger partial charge in [-0.05, 0) is 5.56 Å². The largest absolute Gasteiger partial charge is 0.456 e. The van der Waals surface area contributed by atoms with Gasteiger partial charge < -0.3 is 9.57 Å². The van der Waals surface area contributed by atoms with Crippen molar-refractivity contribution in [2.24, 2.45) is 5.16 Å². The number of ketones is 1. The van der Waals surface area contributed by atoms with Gasteiger partial charge in [0.1, 0.15) is 13.7 Å². The highest BCUT2D eigenvalue weighted by molar-refractivity contribution is 6.63. The highest BCUT2D eigenvalue weighted by Crippen LogP contribution is 2.01. The monoisotopic (exact) mass is 235 g/mol. The van der Waals surface area contributed by atoms with E-state index in [1.165, 1.54) is 14.0 Å². The number of Topliss-reactive ketones (excluding diaryl/α,β-unsaturated/α-hetero) is 1. The van der Waals surface area contributed by atoms with Crippen LogP contribution in [0.25, 0.3) is 0 Å². The summed E-state index contributed by atoms with van der Waals surface area (Å²) in [5.74, 6) is -1.28. The number of hydrogen-bond donors (Lipinski definition) is 0. The summed E-state index contributed by atoms with van der Waals surface area (Å²) in [5, 5.41) is 3.33. The number of oxime groups is 1. The second-order valence-corrected chi connectivity index (χ2v) is 3.24. The van der Waals surface area contributed by atoms with Crippen molar-refractivity contribution in [1.82, 2.24) is 0 Å². The van der Waals surface area contributed by atoms with Gasteiger partial charge in [0.15, 0.2) is 5.78 Å².